The molecule has 332 valence electrons. The molecule has 2 heterocycles. The van der Waals surface area contributed by atoms with Crippen molar-refractivity contribution >= 4 is 82.5 Å². The second-order valence-electron chi connectivity index (χ2n) is 18.3. The summed E-state index contributed by atoms with van der Waals surface area (Å²) in [4.78, 5) is 2.35. The van der Waals surface area contributed by atoms with E-state index in [0.29, 0.717) is 0 Å². The Morgan fingerprint density at radius 2 is 0.549 bits per heavy atom. The van der Waals surface area contributed by atoms with Crippen LogP contribution in [0.15, 0.2) is 270 Å². The Kier molecular flexibility index (Phi) is 9.53. The molecular weight excluding hydrogens is 863 g/mol. The van der Waals surface area contributed by atoms with Crippen molar-refractivity contribution in [2.45, 2.75) is 0 Å². The highest BCUT2D eigenvalue weighted by atomic mass is 16.3. The molecule has 0 aliphatic carbocycles. The van der Waals surface area contributed by atoms with E-state index in [9.17, 15) is 0 Å². The van der Waals surface area contributed by atoms with Crippen LogP contribution < -0.4 is 4.90 Å². The molecular formula is C68H43NO2. The smallest absolute Gasteiger partial charge is 0.143 e. The molecule has 0 atom stereocenters. The number of hydrogen-bond donors (Lipinski definition) is 0. The summed E-state index contributed by atoms with van der Waals surface area (Å²) in [5, 5.41) is 9.07. The Hall–Kier alpha value is -9.44. The van der Waals surface area contributed by atoms with Crippen molar-refractivity contribution in [1.29, 1.82) is 0 Å². The van der Waals surface area contributed by atoms with E-state index in [1.807, 2.05) is 0 Å². The zero-order valence-electron chi connectivity index (χ0n) is 38.6. The van der Waals surface area contributed by atoms with Crippen LogP contribution in [-0.4, -0.2) is 0 Å². The van der Waals surface area contributed by atoms with Crippen LogP contribution in [0.25, 0.3) is 121 Å². The summed E-state index contributed by atoms with van der Waals surface area (Å²) in [6.07, 6.45) is 0. The monoisotopic (exact) mass is 905 g/mol. The van der Waals surface area contributed by atoms with Gasteiger partial charge in [-0.15, -0.1) is 0 Å². The molecule has 0 aliphatic rings. The fourth-order valence-electron chi connectivity index (χ4n) is 10.9. The average molecular weight is 906 g/mol. The first-order chi connectivity index (χ1) is 35.2. The van der Waals surface area contributed by atoms with E-state index < -0.39 is 0 Å². The Morgan fingerprint density at radius 3 is 1.00 bits per heavy atom. The minimum absolute atomic E-state index is 0.896. The zero-order valence-corrected chi connectivity index (χ0v) is 38.6. The van der Waals surface area contributed by atoms with Crippen LogP contribution in [0.1, 0.15) is 0 Å². The molecule has 0 fully saturated rings. The number of rotatable bonds is 8. The van der Waals surface area contributed by atoms with Gasteiger partial charge in [0.15, 0.2) is 0 Å². The first-order valence-electron chi connectivity index (χ1n) is 24.2. The molecule has 2 aromatic heterocycles. The minimum Gasteiger partial charge on any atom is -0.455 e. The van der Waals surface area contributed by atoms with E-state index in [-0.39, 0.29) is 0 Å². The molecule has 71 heavy (non-hydrogen) atoms. The lowest BCUT2D eigenvalue weighted by Gasteiger charge is -2.26. The summed E-state index contributed by atoms with van der Waals surface area (Å²) in [6.45, 7) is 0. The summed E-state index contributed by atoms with van der Waals surface area (Å²) in [5.41, 5.74) is 18.2. The fourth-order valence-corrected chi connectivity index (χ4v) is 10.9. The molecule has 3 nitrogen and oxygen atoms in total. The minimum atomic E-state index is 0.896. The summed E-state index contributed by atoms with van der Waals surface area (Å²) < 4.78 is 13.6. The number of nitrogens with zero attached hydrogens (tertiary/aromatic N) is 1. The maximum Gasteiger partial charge on any atom is 0.143 e. The number of hydrogen-bond acceptors (Lipinski definition) is 3. The number of benzene rings is 12. The van der Waals surface area contributed by atoms with Gasteiger partial charge in [0.1, 0.15) is 22.3 Å². The maximum atomic E-state index is 6.78. The van der Waals surface area contributed by atoms with Gasteiger partial charge in [-0.1, -0.05) is 212 Å². The molecule has 3 heteroatoms. The van der Waals surface area contributed by atoms with E-state index in [0.717, 1.165) is 99.5 Å². The topological polar surface area (TPSA) is 29.5 Å². The van der Waals surface area contributed by atoms with Gasteiger partial charge in [-0.3, -0.25) is 0 Å². The van der Waals surface area contributed by atoms with Crippen LogP contribution in [-0.2, 0) is 0 Å². The number of furan rings is 2. The predicted molar refractivity (Wildman–Crippen MR) is 298 cm³/mol. The quantitative estimate of drug-likeness (QED) is 0.152. The molecule has 0 spiro atoms. The first-order valence-corrected chi connectivity index (χ1v) is 24.2. The SMILES string of the molecule is c1ccc(-c2cccc(-c3ccccc3)c2-c2ccc(N(c3ccc(-c4cccc5c4oc4c6ccccc6ccc54)cc3)c3ccc(-c4cccc5c4oc4c6ccccc6ccc54)cc3)cc2)cc1. The van der Waals surface area contributed by atoms with Crippen molar-refractivity contribution in [3.63, 3.8) is 0 Å². The summed E-state index contributed by atoms with van der Waals surface area (Å²) in [7, 11) is 0. The Balaban J connectivity index is 0.891. The fraction of sp³-hybridized carbons (Fsp3) is 0. The molecule has 0 amide bonds. The van der Waals surface area contributed by atoms with Crippen molar-refractivity contribution in [1.82, 2.24) is 0 Å². The van der Waals surface area contributed by atoms with Crippen LogP contribution in [0, 0.1) is 0 Å². The molecule has 0 saturated heterocycles. The third-order valence-electron chi connectivity index (χ3n) is 14.3. The van der Waals surface area contributed by atoms with E-state index in [1.54, 1.807) is 0 Å². The number of anilines is 3. The molecule has 0 saturated carbocycles. The molecule has 0 radical (unpaired) electrons. The normalized spacial score (nSPS) is 11.7. The van der Waals surface area contributed by atoms with Crippen molar-refractivity contribution in [3.8, 4) is 55.6 Å². The summed E-state index contributed by atoms with van der Waals surface area (Å²) in [5.74, 6) is 0. The highest BCUT2D eigenvalue weighted by molar-refractivity contribution is 6.18. The second-order valence-corrected chi connectivity index (χ2v) is 18.3. The predicted octanol–water partition coefficient (Wildman–Crippen LogP) is 19.6. The van der Waals surface area contributed by atoms with E-state index in [1.165, 1.54) is 38.6 Å². The average Bonchev–Trinajstić information content (AvgIpc) is 4.04. The van der Waals surface area contributed by atoms with E-state index >= 15 is 0 Å². The van der Waals surface area contributed by atoms with Crippen LogP contribution >= 0.6 is 0 Å². The van der Waals surface area contributed by atoms with Crippen LogP contribution in [0.5, 0.6) is 0 Å². The van der Waals surface area contributed by atoms with Gasteiger partial charge in [-0.05, 0) is 104 Å². The van der Waals surface area contributed by atoms with Crippen molar-refractivity contribution < 1.29 is 8.83 Å². The highest BCUT2D eigenvalue weighted by Crippen LogP contribution is 2.45. The van der Waals surface area contributed by atoms with Gasteiger partial charge < -0.3 is 13.7 Å². The van der Waals surface area contributed by atoms with Crippen molar-refractivity contribution in [2.75, 3.05) is 4.90 Å². The molecule has 0 bridgehead atoms. The van der Waals surface area contributed by atoms with Crippen LogP contribution in [0.2, 0.25) is 0 Å². The van der Waals surface area contributed by atoms with Gasteiger partial charge in [-0.2, -0.15) is 0 Å². The van der Waals surface area contributed by atoms with Gasteiger partial charge in [0, 0.05) is 60.5 Å². The molecule has 14 rings (SSSR count). The lowest BCUT2D eigenvalue weighted by Crippen LogP contribution is -2.09. The second kappa shape index (κ2) is 16.7. The van der Waals surface area contributed by atoms with Gasteiger partial charge in [0.05, 0.1) is 0 Å². The first kappa shape index (κ1) is 40.6. The Labute approximate surface area is 410 Å². The summed E-state index contributed by atoms with van der Waals surface area (Å²) in [6, 6.07) is 93.5. The molecule has 0 aliphatic heterocycles. The van der Waals surface area contributed by atoms with Crippen LogP contribution in [0.4, 0.5) is 17.1 Å². The van der Waals surface area contributed by atoms with Gasteiger partial charge in [0.2, 0.25) is 0 Å². The number of para-hydroxylation sites is 2. The van der Waals surface area contributed by atoms with Crippen molar-refractivity contribution in [2.24, 2.45) is 0 Å². The zero-order chi connectivity index (χ0) is 46.8. The van der Waals surface area contributed by atoms with Crippen LogP contribution in [0.3, 0.4) is 0 Å². The van der Waals surface area contributed by atoms with Gasteiger partial charge >= 0.3 is 0 Å². The standard InChI is InChI=1S/C68H43NO2/c1-3-14-44(15-4-1)54-22-11-23-55(45-16-5-2-6-17-45)64(54)50-32-40-53(41-33-50)69(51-36-28-48(29-37-51)58-24-12-26-60-62-42-34-46-18-7-9-20-56(46)67(62)70-65(58)60)52-38-30-49(31-39-52)59-25-13-27-61-63-43-35-47-19-8-10-21-57(47)68(63)71-66(59)61/h1-43H. The van der Waals surface area contributed by atoms with E-state index in [4.69, 9.17) is 8.83 Å². The lowest BCUT2D eigenvalue weighted by molar-refractivity contribution is 0.673. The molecule has 14 aromatic rings. The third-order valence-corrected chi connectivity index (χ3v) is 14.3. The largest absolute Gasteiger partial charge is 0.455 e. The van der Waals surface area contributed by atoms with Gasteiger partial charge in [-0.25, -0.2) is 0 Å². The van der Waals surface area contributed by atoms with Gasteiger partial charge in [0.25, 0.3) is 0 Å². The number of fused-ring (bicyclic) bond motifs is 10. The maximum absolute atomic E-state index is 6.78. The third kappa shape index (κ3) is 6.82. The summed E-state index contributed by atoms with van der Waals surface area (Å²) >= 11 is 0. The Morgan fingerprint density at radius 1 is 0.211 bits per heavy atom. The van der Waals surface area contributed by atoms with Crippen molar-refractivity contribution in [3.05, 3.63) is 261 Å². The van der Waals surface area contributed by atoms with E-state index in [2.05, 4.69) is 266 Å². The molecule has 0 unspecified atom stereocenters. The molecule has 0 N–H and O–H groups in total. The Bertz CT molecular complexity index is 4050. The molecule has 12 aromatic carbocycles. The highest BCUT2D eigenvalue weighted by Gasteiger charge is 2.20. The lowest BCUT2D eigenvalue weighted by atomic mass is 9.87.